The number of pyridine rings is 1. The number of amides is 3. The summed E-state index contributed by atoms with van der Waals surface area (Å²) in [7, 11) is 0. The first-order valence-electron chi connectivity index (χ1n) is 14.7. The fourth-order valence-corrected chi connectivity index (χ4v) is 8.17. The molecule has 44 heavy (non-hydrogen) atoms. The van der Waals surface area contributed by atoms with Gasteiger partial charge in [-0.2, -0.15) is 9.97 Å². The number of imide groups is 1. The fourth-order valence-electron chi connectivity index (χ4n) is 7.41. The smallest absolute Gasteiger partial charge is 0.322 e. The van der Waals surface area contributed by atoms with Crippen molar-refractivity contribution in [2.45, 2.75) is 49.6 Å². The molecule has 8 rings (SSSR count). The Bertz CT molecular complexity index is 1860. The summed E-state index contributed by atoms with van der Waals surface area (Å²) in [6.07, 6.45) is 6.72. The molecule has 12 nitrogen and oxygen atoms in total. The van der Waals surface area contributed by atoms with E-state index in [1.807, 2.05) is 4.90 Å². The highest BCUT2D eigenvalue weighted by Gasteiger charge is 2.49. The molecule has 0 bridgehead atoms. The Labute approximate surface area is 254 Å². The van der Waals surface area contributed by atoms with Crippen LogP contribution >= 0.6 is 11.3 Å². The van der Waals surface area contributed by atoms with Crippen LogP contribution in [0.25, 0.3) is 32.4 Å². The van der Waals surface area contributed by atoms with Crippen LogP contribution in [0.2, 0.25) is 0 Å². The van der Waals surface area contributed by atoms with Gasteiger partial charge in [-0.05, 0) is 63.7 Å². The van der Waals surface area contributed by atoms with Crippen molar-refractivity contribution in [3.63, 3.8) is 0 Å². The Morgan fingerprint density at radius 2 is 1.82 bits per heavy atom. The summed E-state index contributed by atoms with van der Waals surface area (Å²) < 4.78 is 37.6. The topological polar surface area (TPSA) is 151 Å². The number of hydrogen-bond acceptors (Lipinski definition) is 11. The van der Waals surface area contributed by atoms with E-state index in [-0.39, 0.29) is 50.2 Å². The van der Waals surface area contributed by atoms with Crippen molar-refractivity contribution >= 4 is 55.3 Å². The standard InChI is InChI=1S/C29H29F2N9O3S/c30-17-5-4-15(21-22(17)44-25(32)34-21)19-18(31)20-16(12-33-19)23(39-9-3-8-29(13-39)24(41)37-26(42)38-29)36-27(35-20)43-14-28-6-1-10-40(28)11-2-7-28/h4-5,12H,1-3,6-11,13-14H2,(H2,32,34)(H2,37,38,41,42). The monoisotopic (exact) mass is 621 g/mol. The van der Waals surface area contributed by atoms with Crippen molar-refractivity contribution in [1.29, 1.82) is 0 Å². The number of nitrogens with two attached hydrogens (primary N) is 1. The Kier molecular flexibility index (Phi) is 6.14. The first kappa shape index (κ1) is 27.3. The van der Waals surface area contributed by atoms with E-state index < -0.39 is 29.1 Å². The molecule has 1 unspecified atom stereocenters. The van der Waals surface area contributed by atoms with E-state index >= 15 is 4.39 Å². The summed E-state index contributed by atoms with van der Waals surface area (Å²) in [5.41, 5.74) is 5.07. The van der Waals surface area contributed by atoms with Crippen molar-refractivity contribution in [3.8, 4) is 17.3 Å². The van der Waals surface area contributed by atoms with E-state index in [2.05, 4.69) is 30.5 Å². The predicted molar refractivity (Wildman–Crippen MR) is 159 cm³/mol. The minimum atomic E-state index is -1.13. The Morgan fingerprint density at radius 1 is 1.02 bits per heavy atom. The number of halogens is 2. The van der Waals surface area contributed by atoms with Gasteiger partial charge in [0.25, 0.3) is 5.91 Å². The van der Waals surface area contributed by atoms with E-state index in [1.165, 1.54) is 18.3 Å². The van der Waals surface area contributed by atoms with Crippen LogP contribution in [-0.4, -0.2) is 80.6 Å². The average molecular weight is 622 g/mol. The van der Waals surface area contributed by atoms with Crippen molar-refractivity contribution < 1.29 is 23.1 Å². The minimum absolute atomic E-state index is 0.0124. The molecule has 4 N–H and O–H groups in total. The van der Waals surface area contributed by atoms with Gasteiger partial charge in [0.1, 0.15) is 35.0 Å². The van der Waals surface area contributed by atoms with E-state index in [0.717, 1.165) is 50.1 Å². The van der Waals surface area contributed by atoms with Gasteiger partial charge in [0.05, 0.1) is 27.7 Å². The summed E-state index contributed by atoms with van der Waals surface area (Å²) in [6.45, 7) is 3.06. The molecule has 7 heterocycles. The SMILES string of the molecule is Nc1nc2c(-c3ncc4c(N5CCCC6(C5)NC(=O)NC6=O)nc(OCC56CCCN5CCC6)nc4c3F)ccc(F)c2s1. The van der Waals surface area contributed by atoms with E-state index in [0.29, 0.717) is 37.2 Å². The van der Waals surface area contributed by atoms with Gasteiger partial charge in [0.2, 0.25) is 0 Å². The molecule has 228 valence electrons. The molecule has 15 heteroatoms. The van der Waals surface area contributed by atoms with Crippen LogP contribution in [0.5, 0.6) is 6.01 Å². The summed E-state index contributed by atoms with van der Waals surface area (Å²) in [5, 5.41) is 5.58. The second-order valence-electron chi connectivity index (χ2n) is 12.1. The second-order valence-corrected chi connectivity index (χ2v) is 13.1. The lowest BCUT2D eigenvalue weighted by molar-refractivity contribution is -0.124. The molecular formula is C29H29F2N9O3S. The third-order valence-electron chi connectivity index (χ3n) is 9.50. The van der Waals surface area contributed by atoms with Crippen LogP contribution in [0.1, 0.15) is 38.5 Å². The molecule has 1 atom stereocenters. The van der Waals surface area contributed by atoms with Crippen molar-refractivity contribution in [1.82, 2.24) is 35.5 Å². The van der Waals surface area contributed by atoms with Gasteiger partial charge in [-0.3, -0.25) is 20.0 Å². The molecule has 3 amide bonds. The van der Waals surface area contributed by atoms with Crippen LogP contribution < -0.4 is 26.0 Å². The van der Waals surface area contributed by atoms with Crippen LogP contribution in [0, 0.1) is 11.6 Å². The van der Waals surface area contributed by atoms with Gasteiger partial charge in [0, 0.05) is 18.3 Å². The molecule has 1 aromatic carbocycles. The molecule has 3 aromatic heterocycles. The maximum Gasteiger partial charge on any atom is 0.322 e. The quantitative estimate of drug-likeness (QED) is 0.283. The van der Waals surface area contributed by atoms with Crippen LogP contribution in [0.3, 0.4) is 0 Å². The first-order valence-corrected chi connectivity index (χ1v) is 15.5. The largest absolute Gasteiger partial charge is 0.461 e. The zero-order chi connectivity index (χ0) is 30.2. The summed E-state index contributed by atoms with van der Waals surface area (Å²) >= 11 is 0.978. The number of thiazole rings is 1. The zero-order valence-electron chi connectivity index (χ0n) is 23.7. The molecule has 0 aliphatic carbocycles. The minimum Gasteiger partial charge on any atom is -0.461 e. The molecule has 4 aliphatic heterocycles. The number of carbonyl (C=O) groups is 2. The normalized spacial score (nSPS) is 23.1. The fraction of sp³-hybridized carbons (Fsp3) is 0.448. The highest BCUT2D eigenvalue weighted by atomic mass is 32.1. The maximum atomic E-state index is 16.6. The van der Waals surface area contributed by atoms with Gasteiger partial charge in [-0.15, -0.1) is 0 Å². The third kappa shape index (κ3) is 4.16. The number of urea groups is 1. The zero-order valence-corrected chi connectivity index (χ0v) is 24.5. The lowest BCUT2D eigenvalue weighted by Crippen LogP contribution is -2.58. The average Bonchev–Trinajstić information content (AvgIpc) is 3.75. The van der Waals surface area contributed by atoms with Crippen LogP contribution in [0.15, 0.2) is 18.3 Å². The number of hydrogen-bond donors (Lipinski definition) is 3. The Hall–Kier alpha value is -4.24. The summed E-state index contributed by atoms with van der Waals surface area (Å²) in [4.78, 5) is 47.2. The number of anilines is 2. The number of carbonyl (C=O) groups excluding carboxylic acids is 2. The van der Waals surface area contributed by atoms with Gasteiger partial charge in [-0.25, -0.2) is 18.6 Å². The summed E-state index contributed by atoms with van der Waals surface area (Å²) in [5.74, 6) is -1.30. The highest BCUT2D eigenvalue weighted by Crippen LogP contribution is 2.41. The predicted octanol–water partition coefficient (Wildman–Crippen LogP) is 3.35. The molecule has 4 aromatic rings. The highest BCUT2D eigenvalue weighted by molar-refractivity contribution is 7.22. The number of nitrogens with one attached hydrogen (secondary N) is 2. The van der Waals surface area contributed by atoms with Gasteiger partial charge in [0.15, 0.2) is 10.9 Å². The molecule has 4 aliphatic rings. The van der Waals surface area contributed by atoms with Crippen LogP contribution in [-0.2, 0) is 4.79 Å². The number of ether oxygens (including phenoxy) is 1. The number of rotatable bonds is 5. The van der Waals surface area contributed by atoms with Crippen molar-refractivity contribution in [2.24, 2.45) is 0 Å². The van der Waals surface area contributed by atoms with Gasteiger partial charge < -0.3 is 20.7 Å². The number of fused-ring (bicyclic) bond motifs is 3. The summed E-state index contributed by atoms with van der Waals surface area (Å²) in [6, 6.07) is 2.13. The van der Waals surface area contributed by atoms with Crippen LogP contribution in [0.4, 0.5) is 24.5 Å². The molecule has 0 saturated carbocycles. The molecule has 1 spiro atoms. The second kappa shape index (κ2) is 9.89. The van der Waals surface area contributed by atoms with E-state index in [4.69, 9.17) is 15.5 Å². The van der Waals surface area contributed by atoms with E-state index in [9.17, 15) is 14.0 Å². The molecular weight excluding hydrogens is 592 g/mol. The lowest BCUT2D eigenvalue weighted by Gasteiger charge is -2.39. The van der Waals surface area contributed by atoms with Crippen molar-refractivity contribution in [3.05, 3.63) is 30.0 Å². The molecule has 4 saturated heterocycles. The van der Waals surface area contributed by atoms with Crippen molar-refractivity contribution in [2.75, 3.05) is 43.4 Å². The first-order chi connectivity index (χ1) is 21.3. The number of piperidine rings is 1. The van der Waals surface area contributed by atoms with Gasteiger partial charge >= 0.3 is 12.0 Å². The Morgan fingerprint density at radius 3 is 2.59 bits per heavy atom. The Balaban J connectivity index is 1.25. The number of nitrogens with zero attached hydrogens (tertiary/aromatic N) is 6. The number of nitrogen functional groups attached to an aromatic ring is 1. The number of aromatic nitrogens is 4. The van der Waals surface area contributed by atoms with E-state index in [1.54, 1.807) is 0 Å². The lowest BCUT2D eigenvalue weighted by atomic mass is 9.89. The maximum absolute atomic E-state index is 16.6. The number of benzene rings is 1. The van der Waals surface area contributed by atoms with Gasteiger partial charge in [-0.1, -0.05) is 11.3 Å². The molecule has 0 radical (unpaired) electrons. The molecule has 4 fully saturated rings. The third-order valence-corrected chi connectivity index (χ3v) is 10.4.